The second-order valence-electron chi connectivity index (χ2n) is 6.18. The number of aromatic amines is 1. The number of para-hydroxylation sites is 1. The maximum absolute atomic E-state index is 6.30. The van der Waals surface area contributed by atoms with E-state index in [0.717, 1.165) is 22.6 Å². The van der Waals surface area contributed by atoms with Crippen LogP contribution in [-0.4, -0.2) is 9.97 Å². The van der Waals surface area contributed by atoms with Crippen molar-refractivity contribution in [2.75, 3.05) is 5.32 Å². The molecule has 4 rings (SSSR count). The van der Waals surface area contributed by atoms with Crippen molar-refractivity contribution in [3.05, 3.63) is 93.7 Å². The Morgan fingerprint density at radius 1 is 0.962 bits per heavy atom. The molecule has 5 heteroatoms. The number of benzene rings is 2. The molecule has 26 heavy (non-hydrogen) atoms. The first-order chi connectivity index (χ1) is 12.6. The minimum Gasteiger partial charge on any atom is -0.359 e. The lowest BCUT2D eigenvalue weighted by Crippen LogP contribution is -2.14. The zero-order valence-electron chi connectivity index (χ0n) is 14.1. The number of nitrogens with zero attached hydrogens (tertiary/aromatic N) is 1. The van der Waals surface area contributed by atoms with Crippen molar-refractivity contribution in [2.45, 2.75) is 13.0 Å². The standard InChI is InChI=1S/C21H17Cl2N3/c1-13-20(15-6-2-3-7-18(15)25-13)21(26-19-8-4-5-11-24-19)14-9-10-16(22)17(23)12-14/h2-12,21,25H,1H3,(H,24,26)/t21-/m0/s1. The highest BCUT2D eigenvalue weighted by molar-refractivity contribution is 6.42. The molecule has 1 atom stereocenters. The van der Waals surface area contributed by atoms with E-state index in [-0.39, 0.29) is 6.04 Å². The van der Waals surface area contributed by atoms with Crippen LogP contribution in [0.5, 0.6) is 0 Å². The van der Waals surface area contributed by atoms with Gasteiger partial charge in [-0.1, -0.05) is 53.5 Å². The molecule has 0 aliphatic rings. The van der Waals surface area contributed by atoms with E-state index in [1.807, 2.05) is 48.5 Å². The van der Waals surface area contributed by atoms with Gasteiger partial charge in [0.25, 0.3) is 0 Å². The zero-order valence-corrected chi connectivity index (χ0v) is 15.6. The second-order valence-corrected chi connectivity index (χ2v) is 6.99. The van der Waals surface area contributed by atoms with Gasteiger partial charge in [-0.3, -0.25) is 0 Å². The quantitative estimate of drug-likeness (QED) is 0.430. The Labute approximate surface area is 162 Å². The monoisotopic (exact) mass is 381 g/mol. The largest absolute Gasteiger partial charge is 0.359 e. The molecular weight excluding hydrogens is 365 g/mol. The van der Waals surface area contributed by atoms with E-state index in [1.54, 1.807) is 6.20 Å². The molecule has 4 aromatic rings. The molecular formula is C21H17Cl2N3. The molecule has 2 N–H and O–H groups in total. The van der Waals surface area contributed by atoms with Gasteiger partial charge in [-0.15, -0.1) is 0 Å². The van der Waals surface area contributed by atoms with Crippen molar-refractivity contribution in [2.24, 2.45) is 0 Å². The maximum atomic E-state index is 6.30. The summed E-state index contributed by atoms with van der Waals surface area (Å²) in [6, 6.07) is 19.7. The summed E-state index contributed by atoms with van der Waals surface area (Å²) < 4.78 is 0. The van der Waals surface area contributed by atoms with Crippen LogP contribution < -0.4 is 5.32 Å². The van der Waals surface area contributed by atoms with Crippen molar-refractivity contribution in [1.29, 1.82) is 0 Å². The number of fused-ring (bicyclic) bond motifs is 1. The van der Waals surface area contributed by atoms with Gasteiger partial charge in [0.2, 0.25) is 0 Å². The zero-order chi connectivity index (χ0) is 18.1. The Morgan fingerprint density at radius 3 is 2.54 bits per heavy atom. The summed E-state index contributed by atoms with van der Waals surface area (Å²) in [4.78, 5) is 7.89. The highest BCUT2D eigenvalue weighted by Gasteiger charge is 2.22. The van der Waals surface area contributed by atoms with Crippen LogP contribution in [0.1, 0.15) is 22.9 Å². The van der Waals surface area contributed by atoms with Crippen molar-refractivity contribution in [3.8, 4) is 0 Å². The number of nitrogens with one attached hydrogen (secondary N) is 2. The molecule has 0 unspecified atom stereocenters. The number of H-pyrrole nitrogens is 1. The summed E-state index contributed by atoms with van der Waals surface area (Å²) in [5, 5.41) is 5.80. The third-order valence-electron chi connectivity index (χ3n) is 4.47. The van der Waals surface area contributed by atoms with E-state index in [9.17, 15) is 0 Å². The average Bonchev–Trinajstić information content (AvgIpc) is 2.99. The van der Waals surface area contributed by atoms with Gasteiger partial charge < -0.3 is 10.3 Å². The molecule has 2 heterocycles. The number of anilines is 1. The summed E-state index contributed by atoms with van der Waals surface area (Å²) in [5.41, 5.74) is 4.40. The molecule has 0 spiro atoms. The van der Waals surface area contributed by atoms with Gasteiger partial charge in [-0.25, -0.2) is 4.98 Å². The van der Waals surface area contributed by atoms with Gasteiger partial charge in [0.05, 0.1) is 16.1 Å². The van der Waals surface area contributed by atoms with Gasteiger partial charge in [0, 0.05) is 28.4 Å². The normalized spacial score (nSPS) is 12.3. The fourth-order valence-corrected chi connectivity index (χ4v) is 3.59. The van der Waals surface area contributed by atoms with Crippen LogP contribution in [0.2, 0.25) is 10.0 Å². The smallest absolute Gasteiger partial charge is 0.126 e. The molecule has 0 saturated carbocycles. The summed E-state index contributed by atoms with van der Waals surface area (Å²) in [7, 11) is 0. The molecule has 0 fully saturated rings. The second kappa shape index (κ2) is 7.02. The van der Waals surface area contributed by atoms with Crippen LogP contribution in [0.25, 0.3) is 10.9 Å². The Balaban J connectivity index is 1.89. The van der Waals surface area contributed by atoms with Crippen molar-refractivity contribution in [3.63, 3.8) is 0 Å². The lowest BCUT2D eigenvalue weighted by atomic mass is 9.96. The Kier molecular flexibility index (Phi) is 4.58. The summed E-state index contributed by atoms with van der Waals surface area (Å²) in [6.07, 6.45) is 1.77. The van der Waals surface area contributed by atoms with Gasteiger partial charge in [-0.05, 0) is 42.8 Å². The van der Waals surface area contributed by atoms with E-state index in [2.05, 4.69) is 34.3 Å². The van der Waals surface area contributed by atoms with E-state index in [0.29, 0.717) is 10.0 Å². The fourth-order valence-electron chi connectivity index (χ4n) is 3.28. The molecule has 0 aliphatic heterocycles. The number of pyridine rings is 1. The SMILES string of the molecule is Cc1[nH]c2ccccc2c1[C@@H](Nc1ccccn1)c1ccc(Cl)c(Cl)c1. The maximum Gasteiger partial charge on any atom is 0.126 e. The van der Waals surface area contributed by atoms with Crippen molar-refractivity contribution >= 4 is 39.9 Å². The minimum atomic E-state index is -0.115. The lowest BCUT2D eigenvalue weighted by molar-refractivity contribution is 0.922. The molecule has 2 aromatic heterocycles. The van der Waals surface area contributed by atoms with Crippen LogP contribution in [0.3, 0.4) is 0 Å². The summed E-state index contributed by atoms with van der Waals surface area (Å²) in [6.45, 7) is 2.08. The van der Waals surface area contributed by atoms with Crippen molar-refractivity contribution in [1.82, 2.24) is 9.97 Å². The predicted octanol–water partition coefficient (Wildman–Crippen LogP) is 6.38. The van der Waals surface area contributed by atoms with Crippen LogP contribution in [0, 0.1) is 6.92 Å². The Morgan fingerprint density at radius 2 is 1.77 bits per heavy atom. The van der Waals surface area contributed by atoms with Gasteiger partial charge in [-0.2, -0.15) is 0 Å². The van der Waals surface area contributed by atoms with E-state index in [1.165, 1.54) is 10.9 Å². The number of aryl methyl sites for hydroxylation is 1. The molecule has 130 valence electrons. The van der Waals surface area contributed by atoms with Gasteiger partial charge >= 0.3 is 0 Å². The van der Waals surface area contributed by atoms with Crippen LogP contribution in [0.15, 0.2) is 66.9 Å². The number of aromatic nitrogens is 2. The van der Waals surface area contributed by atoms with Crippen LogP contribution >= 0.6 is 23.2 Å². The first-order valence-corrected chi connectivity index (χ1v) is 9.09. The molecule has 0 bridgehead atoms. The molecule has 2 aromatic carbocycles. The fraction of sp³-hybridized carbons (Fsp3) is 0.0952. The number of halogens is 2. The lowest BCUT2D eigenvalue weighted by Gasteiger charge is -2.21. The predicted molar refractivity (Wildman–Crippen MR) is 109 cm³/mol. The summed E-state index contributed by atoms with van der Waals surface area (Å²) in [5.74, 6) is 0.799. The van der Waals surface area contributed by atoms with E-state index < -0.39 is 0 Å². The van der Waals surface area contributed by atoms with E-state index in [4.69, 9.17) is 23.2 Å². The van der Waals surface area contributed by atoms with E-state index >= 15 is 0 Å². The number of rotatable bonds is 4. The van der Waals surface area contributed by atoms with Crippen LogP contribution in [-0.2, 0) is 0 Å². The topological polar surface area (TPSA) is 40.7 Å². The average molecular weight is 382 g/mol. The van der Waals surface area contributed by atoms with Gasteiger partial charge in [0.15, 0.2) is 0 Å². The molecule has 0 aliphatic carbocycles. The Hall–Kier alpha value is -2.49. The third-order valence-corrected chi connectivity index (χ3v) is 5.21. The minimum absolute atomic E-state index is 0.115. The Bertz CT molecular complexity index is 1060. The van der Waals surface area contributed by atoms with Crippen LogP contribution in [0.4, 0.5) is 5.82 Å². The first kappa shape index (κ1) is 17.0. The summed E-state index contributed by atoms with van der Waals surface area (Å²) >= 11 is 12.4. The highest BCUT2D eigenvalue weighted by atomic mass is 35.5. The highest BCUT2D eigenvalue weighted by Crippen LogP contribution is 2.36. The molecule has 3 nitrogen and oxygen atoms in total. The van der Waals surface area contributed by atoms with Gasteiger partial charge in [0.1, 0.15) is 5.82 Å². The first-order valence-electron chi connectivity index (χ1n) is 8.33. The molecule has 0 saturated heterocycles. The molecule has 0 amide bonds. The molecule has 0 radical (unpaired) electrons. The number of hydrogen-bond donors (Lipinski definition) is 2. The number of hydrogen-bond acceptors (Lipinski definition) is 2. The third kappa shape index (κ3) is 3.16. The van der Waals surface area contributed by atoms with Crippen molar-refractivity contribution < 1.29 is 0 Å².